The van der Waals surface area contributed by atoms with Crippen LogP contribution in [0.1, 0.15) is 22.3 Å². The molecule has 0 saturated carbocycles. The van der Waals surface area contributed by atoms with Gasteiger partial charge < -0.3 is 13.7 Å². The lowest BCUT2D eigenvalue weighted by atomic mass is 9.67. The Balaban J connectivity index is 1.11. The number of rotatable bonds is 4. The molecule has 3 heterocycles. The molecule has 0 N–H and O–H groups in total. The monoisotopic (exact) mass is 771 g/mol. The fourth-order valence-electron chi connectivity index (χ4n) is 10.1. The first-order valence-electron chi connectivity index (χ1n) is 20.1. The molecule has 0 saturated heterocycles. The summed E-state index contributed by atoms with van der Waals surface area (Å²) in [6.45, 7) is 0. The second-order valence-corrected chi connectivity index (χ2v) is 16.6. The molecular weight excluding hydrogens is 739 g/mol. The van der Waals surface area contributed by atoms with Crippen molar-refractivity contribution in [2.45, 2.75) is 15.2 Å². The van der Waals surface area contributed by atoms with Crippen LogP contribution in [-0.4, -0.2) is 0 Å². The van der Waals surface area contributed by atoms with Crippen molar-refractivity contribution in [1.29, 1.82) is 0 Å². The lowest BCUT2D eigenvalue weighted by molar-refractivity contribution is 0.669. The van der Waals surface area contributed by atoms with Gasteiger partial charge in [-0.3, -0.25) is 0 Å². The molecule has 4 heteroatoms. The van der Waals surface area contributed by atoms with Crippen molar-refractivity contribution < 1.29 is 8.83 Å². The van der Waals surface area contributed by atoms with Crippen LogP contribution in [0, 0.1) is 0 Å². The van der Waals surface area contributed by atoms with Gasteiger partial charge in [-0.05, 0) is 105 Å². The molecule has 2 aliphatic rings. The highest BCUT2D eigenvalue weighted by molar-refractivity contribution is 7.99. The number of para-hydroxylation sites is 2. The van der Waals surface area contributed by atoms with Gasteiger partial charge in [-0.2, -0.15) is 0 Å². The SMILES string of the molecule is c1ccc(-c2cccc3oc4ccc(N(c5ccc6c(c5)C5(c7ccccc7S6)c6ccccc6-c6ccccc65)c5cccc6c5oc5ccccc56)cc4c23)cc1. The third kappa shape index (κ3) is 4.55. The van der Waals surface area contributed by atoms with Gasteiger partial charge in [0.05, 0.1) is 11.1 Å². The van der Waals surface area contributed by atoms with E-state index >= 15 is 0 Å². The Morgan fingerprint density at radius 1 is 0.390 bits per heavy atom. The molecule has 0 unspecified atom stereocenters. The van der Waals surface area contributed by atoms with Crippen LogP contribution < -0.4 is 4.90 Å². The van der Waals surface area contributed by atoms with Crippen molar-refractivity contribution in [3.05, 3.63) is 222 Å². The first kappa shape index (κ1) is 32.8. The molecule has 11 aromatic rings. The Hall–Kier alpha value is -7.27. The topological polar surface area (TPSA) is 29.5 Å². The number of fused-ring (bicyclic) bond motifs is 15. The Morgan fingerprint density at radius 3 is 1.85 bits per heavy atom. The minimum absolute atomic E-state index is 0.507. The maximum absolute atomic E-state index is 6.81. The first-order chi connectivity index (χ1) is 29.3. The highest BCUT2D eigenvalue weighted by Gasteiger charge is 2.50. The second kappa shape index (κ2) is 12.4. The van der Waals surface area contributed by atoms with Crippen LogP contribution in [0.5, 0.6) is 0 Å². The standard InChI is InChI=1S/C55H33NO2S/c1-2-14-34(15-3-1)37-19-13-26-50-53(37)42-32-35(28-30-49(42)57-50)56(47-24-12-20-41-40-18-6-10-25-48(40)58-54(41)47)36-29-31-52-46(33-36)55(45-23-9-11-27-51(45)59-52)43-21-7-4-16-38(43)39-17-5-8-22-44(39)55/h1-33H. The summed E-state index contributed by atoms with van der Waals surface area (Å²) >= 11 is 1.86. The molecule has 13 rings (SSSR count). The van der Waals surface area contributed by atoms with E-state index in [0.717, 1.165) is 72.1 Å². The fraction of sp³-hybridized carbons (Fsp3) is 0.0182. The second-order valence-electron chi connectivity index (χ2n) is 15.5. The van der Waals surface area contributed by atoms with Gasteiger partial charge in [-0.15, -0.1) is 0 Å². The van der Waals surface area contributed by atoms with Gasteiger partial charge >= 0.3 is 0 Å². The van der Waals surface area contributed by atoms with Gasteiger partial charge in [-0.1, -0.05) is 151 Å². The van der Waals surface area contributed by atoms with Gasteiger partial charge in [0.25, 0.3) is 0 Å². The zero-order chi connectivity index (χ0) is 38.7. The molecule has 1 aliphatic carbocycles. The highest BCUT2D eigenvalue weighted by atomic mass is 32.2. The van der Waals surface area contributed by atoms with E-state index < -0.39 is 5.41 Å². The van der Waals surface area contributed by atoms with Crippen LogP contribution in [0.3, 0.4) is 0 Å². The molecule has 59 heavy (non-hydrogen) atoms. The van der Waals surface area contributed by atoms with Crippen molar-refractivity contribution in [2.75, 3.05) is 4.90 Å². The minimum atomic E-state index is -0.507. The molecule has 276 valence electrons. The molecule has 9 aromatic carbocycles. The van der Waals surface area contributed by atoms with Gasteiger partial charge in [-0.25, -0.2) is 0 Å². The summed E-state index contributed by atoms with van der Waals surface area (Å²) in [6.07, 6.45) is 0. The molecule has 0 fully saturated rings. The van der Waals surface area contributed by atoms with Crippen molar-refractivity contribution in [1.82, 2.24) is 0 Å². The summed E-state index contributed by atoms with van der Waals surface area (Å²) in [5.41, 5.74) is 16.1. The average Bonchev–Trinajstić information content (AvgIpc) is 3.96. The number of hydrogen-bond donors (Lipinski definition) is 0. The van der Waals surface area contributed by atoms with Gasteiger partial charge in [0.2, 0.25) is 0 Å². The van der Waals surface area contributed by atoms with E-state index in [4.69, 9.17) is 8.83 Å². The molecule has 1 aliphatic heterocycles. The zero-order valence-electron chi connectivity index (χ0n) is 31.7. The minimum Gasteiger partial charge on any atom is -0.456 e. The van der Waals surface area contributed by atoms with Gasteiger partial charge in [0, 0.05) is 42.7 Å². The van der Waals surface area contributed by atoms with Crippen molar-refractivity contribution in [3.63, 3.8) is 0 Å². The fourth-order valence-corrected chi connectivity index (χ4v) is 11.3. The van der Waals surface area contributed by atoms with E-state index in [-0.39, 0.29) is 0 Å². The summed E-state index contributed by atoms with van der Waals surface area (Å²) in [7, 11) is 0. The summed E-state index contributed by atoms with van der Waals surface area (Å²) in [5, 5.41) is 4.36. The van der Waals surface area contributed by atoms with Gasteiger partial charge in [0.1, 0.15) is 16.7 Å². The molecule has 0 bridgehead atoms. The molecular formula is C55H33NO2S. The van der Waals surface area contributed by atoms with Crippen LogP contribution in [0.15, 0.2) is 219 Å². The highest BCUT2D eigenvalue weighted by Crippen LogP contribution is 2.63. The summed E-state index contributed by atoms with van der Waals surface area (Å²) in [5.74, 6) is 0. The maximum atomic E-state index is 6.81. The zero-order valence-corrected chi connectivity index (χ0v) is 32.5. The number of hydrogen-bond acceptors (Lipinski definition) is 4. The predicted molar refractivity (Wildman–Crippen MR) is 243 cm³/mol. The quantitative estimate of drug-likeness (QED) is 0.178. The smallest absolute Gasteiger partial charge is 0.159 e. The molecule has 0 radical (unpaired) electrons. The van der Waals surface area contributed by atoms with E-state index in [1.807, 2.05) is 17.8 Å². The third-order valence-corrected chi connectivity index (χ3v) is 13.7. The number of furan rings is 2. The van der Waals surface area contributed by atoms with E-state index in [1.165, 1.54) is 43.2 Å². The van der Waals surface area contributed by atoms with Crippen LogP contribution >= 0.6 is 11.8 Å². The lowest BCUT2D eigenvalue weighted by Crippen LogP contribution is -2.32. The third-order valence-electron chi connectivity index (χ3n) is 12.5. The predicted octanol–water partition coefficient (Wildman–Crippen LogP) is 15.4. The van der Waals surface area contributed by atoms with E-state index in [2.05, 4.69) is 199 Å². The van der Waals surface area contributed by atoms with E-state index in [9.17, 15) is 0 Å². The maximum Gasteiger partial charge on any atom is 0.159 e. The number of benzene rings is 9. The van der Waals surface area contributed by atoms with Crippen molar-refractivity contribution in [3.8, 4) is 22.3 Å². The van der Waals surface area contributed by atoms with Crippen LogP contribution in [0.25, 0.3) is 66.1 Å². The summed E-state index contributed by atoms with van der Waals surface area (Å²) < 4.78 is 13.4. The Kier molecular flexibility index (Phi) is 6.87. The molecule has 2 aromatic heterocycles. The van der Waals surface area contributed by atoms with Crippen LogP contribution in [0.4, 0.5) is 17.1 Å². The molecule has 0 atom stereocenters. The number of anilines is 3. The first-order valence-corrected chi connectivity index (χ1v) is 20.9. The van der Waals surface area contributed by atoms with E-state index in [1.54, 1.807) is 0 Å². The molecule has 0 amide bonds. The van der Waals surface area contributed by atoms with Crippen LogP contribution in [0.2, 0.25) is 0 Å². The van der Waals surface area contributed by atoms with Crippen LogP contribution in [-0.2, 0) is 5.41 Å². The molecule has 3 nitrogen and oxygen atoms in total. The Labute approximate surface area is 344 Å². The lowest BCUT2D eigenvalue weighted by Gasteiger charge is -2.40. The summed E-state index contributed by atoms with van der Waals surface area (Å²) in [4.78, 5) is 4.93. The molecule has 1 spiro atoms. The number of nitrogens with zero attached hydrogens (tertiary/aromatic N) is 1. The van der Waals surface area contributed by atoms with Crippen molar-refractivity contribution >= 4 is 72.7 Å². The Morgan fingerprint density at radius 2 is 1.00 bits per heavy atom. The normalized spacial score (nSPS) is 13.5. The van der Waals surface area contributed by atoms with Gasteiger partial charge in [0.15, 0.2) is 5.58 Å². The largest absolute Gasteiger partial charge is 0.456 e. The van der Waals surface area contributed by atoms with Crippen molar-refractivity contribution in [2.24, 2.45) is 0 Å². The Bertz CT molecular complexity index is 3460. The summed E-state index contributed by atoms with van der Waals surface area (Å²) in [6, 6.07) is 72.5. The average molecular weight is 772 g/mol. The van der Waals surface area contributed by atoms with E-state index in [0.29, 0.717) is 0 Å².